The normalized spacial score (nSPS) is 10.7. The number of nitrogens with zero attached hydrogens (tertiary/aromatic N) is 2. The number of benzene rings is 2. The number of halogens is 2. The minimum atomic E-state index is 0. The van der Waals surface area contributed by atoms with Gasteiger partial charge in [0.15, 0.2) is 5.96 Å². The Bertz CT molecular complexity index is 967. The Labute approximate surface area is 198 Å². The molecule has 2 aromatic carbocycles. The molecule has 3 rings (SSSR count). The van der Waals surface area contributed by atoms with E-state index in [0.717, 1.165) is 21.9 Å². The van der Waals surface area contributed by atoms with Crippen molar-refractivity contribution in [1.29, 1.82) is 0 Å². The zero-order valence-corrected chi connectivity index (χ0v) is 19.8. The fourth-order valence-electron chi connectivity index (χ4n) is 2.60. The monoisotopic (exact) mass is 538 g/mol. The standard InChI is InChI=1S/C22H23ClN4O2.HI/c1-24-22(26-13-16-5-3-6-18(23)11-16)27-15-17-9-10-21(25-14-17)29-20-8-4-7-19(12-20)28-2;/h3-12,14H,13,15H2,1-2H3,(H2,24,26,27);1H. The smallest absolute Gasteiger partial charge is 0.219 e. The molecule has 0 aliphatic rings. The van der Waals surface area contributed by atoms with Crippen LogP contribution in [0.3, 0.4) is 0 Å². The fourth-order valence-corrected chi connectivity index (χ4v) is 2.81. The van der Waals surface area contributed by atoms with Gasteiger partial charge in [-0.3, -0.25) is 4.99 Å². The first-order chi connectivity index (χ1) is 14.2. The van der Waals surface area contributed by atoms with E-state index in [2.05, 4.69) is 20.6 Å². The van der Waals surface area contributed by atoms with Crippen molar-refractivity contribution in [3.8, 4) is 17.4 Å². The largest absolute Gasteiger partial charge is 0.497 e. The summed E-state index contributed by atoms with van der Waals surface area (Å²) < 4.78 is 11.0. The molecule has 0 fully saturated rings. The third kappa shape index (κ3) is 7.38. The molecule has 0 unspecified atom stereocenters. The van der Waals surface area contributed by atoms with Crippen molar-refractivity contribution in [2.24, 2.45) is 4.99 Å². The molecule has 158 valence electrons. The van der Waals surface area contributed by atoms with Gasteiger partial charge in [-0.15, -0.1) is 24.0 Å². The van der Waals surface area contributed by atoms with Crippen LogP contribution in [-0.4, -0.2) is 25.1 Å². The maximum Gasteiger partial charge on any atom is 0.219 e. The van der Waals surface area contributed by atoms with E-state index >= 15 is 0 Å². The number of aliphatic imine (C=N–C) groups is 1. The van der Waals surface area contributed by atoms with Gasteiger partial charge >= 0.3 is 0 Å². The number of nitrogens with one attached hydrogen (secondary N) is 2. The molecule has 0 amide bonds. The van der Waals surface area contributed by atoms with Crippen molar-refractivity contribution in [1.82, 2.24) is 15.6 Å². The van der Waals surface area contributed by atoms with Crippen LogP contribution in [0.1, 0.15) is 11.1 Å². The van der Waals surface area contributed by atoms with Gasteiger partial charge in [0.05, 0.1) is 7.11 Å². The van der Waals surface area contributed by atoms with Crippen molar-refractivity contribution in [2.45, 2.75) is 13.1 Å². The average Bonchev–Trinajstić information content (AvgIpc) is 2.75. The summed E-state index contributed by atoms with van der Waals surface area (Å²) >= 11 is 6.02. The molecule has 0 aliphatic carbocycles. The molecular formula is C22H24ClIN4O2. The van der Waals surface area contributed by atoms with Gasteiger partial charge in [0.25, 0.3) is 0 Å². The first-order valence-electron chi connectivity index (χ1n) is 9.12. The Morgan fingerprint density at radius 2 is 1.70 bits per heavy atom. The number of pyridine rings is 1. The molecule has 0 atom stereocenters. The fraction of sp³-hybridized carbons (Fsp3) is 0.182. The molecule has 0 spiro atoms. The topological polar surface area (TPSA) is 67.8 Å². The van der Waals surface area contributed by atoms with Crippen LogP contribution in [0, 0.1) is 0 Å². The Kier molecular flexibility index (Phi) is 9.69. The Morgan fingerprint density at radius 1 is 0.967 bits per heavy atom. The number of hydrogen-bond acceptors (Lipinski definition) is 4. The van der Waals surface area contributed by atoms with Crippen molar-refractivity contribution in [3.05, 3.63) is 83.0 Å². The van der Waals surface area contributed by atoms with E-state index in [-0.39, 0.29) is 24.0 Å². The number of rotatable bonds is 7. The molecule has 8 heteroatoms. The average molecular weight is 539 g/mol. The van der Waals surface area contributed by atoms with Gasteiger partial charge in [0, 0.05) is 43.5 Å². The van der Waals surface area contributed by atoms with Gasteiger partial charge in [-0.25, -0.2) is 4.98 Å². The van der Waals surface area contributed by atoms with E-state index in [9.17, 15) is 0 Å². The molecular weight excluding hydrogens is 515 g/mol. The van der Waals surface area contributed by atoms with Crippen LogP contribution in [-0.2, 0) is 13.1 Å². The van der Waals surface area contributed by atoms with Gasteiger partial charge in [-0.2, -0.15) is 0 Å². The van der Waals surface area contributed by atoms with Gasteiger partial charge in [0.1, 0.15) is 11.5 Å². The zero-order chi connectivity index (χ0) is 20.5. The van der Waals surface area contributed by atoms with Crippen LogP contribution in [0.25, 0.3) is 0 Å². The lowest BCUT2D eigenvalue weighted by atomic mass is 10.2. The first-order valence-corrected chi connectivity index (χ1v) is 9.50. The summed E-state index contributed by atoms with van der Waals surface area (Å²) in [6, 6.07) is 18.9. The third-order valence-corrected chi connectivity index (χ3v) is 4.33. The van der Waals surface area contributed by atoms with Crippen molar-refractivity contribution >= 4 is 41.5 Å². The molecule has 0 aliphatic heterocycles. The van der Waals surface area contributed by atoms with Crippen LogP contribution in [0.4, 0.5) is 0 Å². The van der Waals surface area contributed by atoms with Crippen LogP contribution < -0.4 is 20.1 Å². The summed E-state index contributed by atoms with van der Waals surface area (Å²) in [5.74, 6) is 2.63. The van der Waals surface area contributed by atoms with E-state index in [1.165, 1.54) is 0 Å². The van der Waals surface area contributed by atoms with E-state index in [0.29, 0.717) is 30.7 Å². The second-order valence-electron chi connectivity index (χ2n) is 6.19. The van der Waals surface area contributed by atoms with Gasteiger partial charge < -0.3 is 20.1 Å². The van der Waals surface area contributed by atoms with Crippen LogP contribution in [0.15, 0.2) is 71.9 Å². The van der Waals surface area contributed by atoms with Crippen molar-refractivity contribution in [3.63, 3.8) is 0 Å². The Morgan fingerprint density at radius 3 is 2.37 bits per heavy atom. The second-order valence-corrected chi connectivity index (χ2v) is 6.63. The molecule has 0 saturated carbocycles. The molecule has 1 heterocycles. The second kappa shape index (κ2) is 12.2. The molecule has 30 heavy (non-hydrogen) atoms. The van der Waals surface area contributed by atoms with Crippen molar-refractivity contribution < 1.29 is 9.47 Å². The van der Waals surface area contributed by atoms with Crippen molar-refractivity contribution in [2.75, 3.05) is 14.2 Å². The summed E-state index contributed by atoms with van der Waals surface area (Å²) in [6.07, 6.45) is 1.77. The highest BCUT2D eigenvalue weighted by molar-refractivity contribution is 14.0. The highest BCUT2D eigenvalue weighted by Crippen LogP contribution is 2.23. The summed E-state index contributed by atoms with van der Waals surface area (Å²) in [7, 11) is 3.35. The van der Waals surface area contributed by atoms with E-state index < -0.39 is 0 Å². The predicted octanol–water partition coefficient (Wildman–Crippen LogP) is 5.02. The van der Waals surface area contributed by atoms with Crippen LogP contribution in [0.2, 0.25) is 5.02 Å². The zero-order valence-electron chi connectivity index (χ0n) is 16.8. The SMILES string of the molecule is CN=C(NCc1ccc(Oc2cccc(OC)c2)nc1)NCc1cccc(Cl)c1.I. The lowest BCUT2D eigenvalue weighted by molar-refractivity contribution is 0.407. The molecule has 2 N–H and O–H groups in total. The van der Waals surface area contributed by atoms with Crippen LogP contribution in [0.5, 0.6) is 17.4 Å². The molecule has 0 saturated heterocycles. The van der Waals surface area contributed by atoms with Crippen LogP contribution >= 0.6 is 35.6 Å². The lowest BCUT2D eigenvalue weighted by Crippen LogP contribution is -2.36. The predicted molar refractivity (Wildman–Crippen MR) is 131 cm³/mol. The van der Waals surface area contributed by atoms with Gasteiger partial charge in [0.2, 0.25) is 5.88 Å². The highest BCUT2D eigenvalue weighted by atomic mass is 127. The van der Waals surface area contributed by atoms with Gasteiger partial charge in [-0.05, 0) is 35.4 Å². The maximum absolute atomic E-state index is 6.02. The quantitative estimate of drug-likeness (QED) is 0.251. The third-order valence-electron chi connectivity index (χ3n) is 4.09. The molecule has 3 aromatic rings. The minimum absolute atomic E-state index is 0. The maximum atomic E-state index is 6.02. The number of aromatic nitrogens is 1. The molecule has 0 bridgehead atoms. The summed E-state index contributed by atoms with van der Waals surface area (Å²) in [5, 5.41) is 7.24. The number of methoxy groups -OCH3 is 1. The summed E-state index contributed by atoms with van der Waals surface area (Å²) in [6.45, 7) is 1.22. The number of hydrogen-bond donors (Lipinski definition) is 2. The lowest BCUT2D eigenvalue weighted by Gasteiger charge is -2.12. The number of guanidine groups is 1. The Hall–Kier alpha value is -2.52. The molecule has 0 radical (unpaired) electrons. The summed E-state index contributed by atoms with van der Waals surface area (Å²) in [4.78, 5) is 8.59. The van der Waals surface area contributed by atoms with Gasteiger partial charge in [-0.1, -0.05) is 35.9 Å². The van der Waals surface area contributed by atoms with E-state index in [4.69, 9.17) is 21.1 Å². The van der Waals surface area contributed by atoms with E-state index in [1.807, 2.05) is 60.7 Å². The summed E-state index contributed by atoms with van der Waals surface area (Å²) in [5.41, 5.74) is 2.09. The molecule has 1 aromatic heterocycles. The molecule has 6 nitrogen and oxygen atoms in total. The highest BCUT2D eigenvalue weighted by Gasteiger charge is 2.03. The Balaban J connectivity index is 0.00000320. The first kappa shape index (κ1) is 23.8. The van der Waals surface area contributed by atoms with E-state index in [1.54, 1.807) is 20.4 Å². The minimum Gasteiger partial charge on any atom is -0.497 e. The number of ether oxygens (including phenoxy) is 2.